The molecule has 5 heteroatoms. The molecule has 0 spiro atoms. The van der Waals surface area contributed by atoms with E-state index in [0.717, 1.165) is 36.4 Å². The molecule has 2 aliphatic heterocycles. The van der Waals surface area contributed by atoms with Gasteiger partial charge in [-0.05, 0) is 103 Å². The molecular weight excluding hydrogens is 448 g/mol. The van der Waals surface area contributed by atoms with Crippen LogP contribution < -0.4 is 14.8 Å². The third kappa shape index (κ3) is 5.90. The van der Waals surface area contributed by atoms with Gasteiger partial charge in [-0.2, -0.15) is 0 Å². The average Bonchev–Trinajstić information content (AvgIpc) is 3.56. The number of benzene rings is 3. The average molecular weight is 485 g/mol. The van der Waals surface area contributed by atoms with Crippen molar-refractivity contribution >= 4 is 5.91 Å². The highest BCUT2D eigenvalue weighted by atomic mass is 16.5. The van der Waals surface area contributed by atoms with Crippen LogP contribution in [0.25, 0.3) is 11.1 Å². The normalized spacial score (nSPS) is 17.8. The van der Waals surface area contributed by atoms with Crippen molar-refractivity contribution in [1.82, 2.24) is 10.2 Å². The third-order valence-corrected chi connectivity index (χ3v) is 7.41. The highest BCUT2D eigenvalue weighted by Crippen LogP contribution is 2.31. The summed E-state index contributed by atoms with van der Waals surface area (Å²) in [5.74, 6) is 1.78. The van der Waals surface area contributed by atoms with Gasteiger partial charge in [0.2, 0.25) is 5.91 Å². The predicted molar refractivity (Wildman–Crippen MR) is 144 cm³/mol. The fraction of sp³-hybridized carbons (Fsp3) is 0.387. The monoisotopic (exact) mass is 484 g/mol. The molecule has 1 atom stereocenters. The summed E-state index contributed by atoms with van der Waals surface area (Å²) in [6.45, 7) is 6.23. The molecule has 0 saturated carbocycles. The van der Waals surface area contributed by atoms with Crippen molar-refractivity contribution in [2.45, 2.75) is 51.6 Å². The van der Waals surface area contributed by atoms with Crippen molar-refractivity contribution in [3.8, 4) is 22.6 Å². The molecule has 2 heterocycles. The quantitative estimate of drug-likeness (QED) is 0.435. The summed E-state index contributed by atoms with van der Waals surface area (Å²) in [5, 5.41) is 2.95. The Labute approximate surface area is 214 Å². The lowest BCUT2D eigenvalue weighted by Crippen LogP contribution is -2.30. The summed E-state index contributed by atoms with van der Waals surface area (Å²) in [7, 11) is 1.71. The van der Waals surface area contributed by atoms with Gasteiger partial charge in [0.1, 0.15) is 18.1 Å². The van der Waals surface area contributed by atoms with E-state index in [1.165, 1.54) is 53.7 Å². The van der Waals surface area contributed by atoms with E-state index in [2.05, 4.69) is 59.6 Å². The van der Waals surface area contributed by atoms with Crippen molar-refractivity contribution in [1.29, 1.82) is 0 Å². The first-order valence-electron chi connectivity index (χ1n) is 13.1. The fourth-order valence-corrected chi connectivity index (χ4v) is 5.28. The number of hydrogen-bond donors (Lipinski definition) is 1. The topological polar surface area (TPSA) is 50.8 Å². The fourth-order valence-electron chi connectivity index (χ4n) is 5.28. The van der Waals surface area contributed by atoms with Gasteiger partial charge in [-0.3, -0.25) is 9.69 Å². The van der Waals surface area contributed by atoms with Gasteiger partial charge in [-0.1, -0.05) is 36.4 Å². The second kappa shape index (κ2) is 11.2. The molecule has 1 N–H and O–H groups in total. The van der Waals surface area contributed by atoms with E-state index in [4.69, 9.17) is 9.47 Å². The molecule has 2 aliphatic rings. The molecule has 5 rings (SSSR count). The Balaban J connectivity index is 1.31. The summed E-state index contributed by atoms with van der Waals surface area (Å²) in [5.41, 5.74) is 7.70. The van der Waals surface area contributed by atoms with Gasteiger partial charge in [-0.25, -0.2) is 0 Å². The smallest absolute Gasteiger partial charge is 0.220 e. The number of nitrogens with one attached hydrogen (secondary N) is 1. The van der Waals surface area contributed by atoms with Crippen molar-refractivity contribution in [3.63, 3.8) is 0 Å². The molecule has 2 saturated heterocycles. The minimum absolute atomic E-state index is 0.104. The van der Waals surface area contributed by atoms with Crippen LogP contribution >= 0.6 is 0 Å². The lowest BCUT2D eigenvalue weighted by Gasteiger charge is -2.17. The number of carbonyl (C=O) groups is 1. The molecule has 2 fully saturated rings. The summed E-state index contributed by atoms with van der Waals surface area (Å²) in [6.07, 6.45) is 4.94. The Hall–Kier alpha value is -3.31. The number of likely N-dealkylation sites (tertiary alicyclic amines) is 1. The van der Waals surface area contributed by atoms with E-state index >= 15 is 0 Å². The molecule has 0 radical (unpaired) electrons. The van der Waals surface area contributed by atoms with Gasteiger partial charge in [-0.15, -0.1) is 0 Å². The number of carbonyl (C=O) groups excluding carboxylic acids is 1. The molecule has 188 valence electrons. The summed E-state index contributed by atoms with van der Waals surface area (Å²) < 4.78 is 11.5. The molecule has 3 aromatic rings. The van der Waals surface area contributed by atoms with Crippen LogP contribution in [0.2, 0.25) is 0 Å². The van der Waals surface area contributed by atoms with Crippen molar-refractivity contribution < 1.29 is 14.3 Å². The third-order valence-electron chi connectivity index (χ3n) is 7.41. The summed E-state index contributed by atoms with van der Waals surface area (Å²) in [4.78, 5) is 14.0. The molecule has 1 amide bonds. The van der Waals surface area contributed by atoms with E-state index in [-0.39, 0.29) is 11.9 Å². The van der Waals surface area contributed by atoms with Crippen LogP contribution in [0.15, 0.2) is 60.7 Å². The van der Waals surface area contributed by atoms with Crippen molar-refractivity contribution in [2.75, 3.05) is 26.8 Å². The second-order valence-electron chi connectivity index (χ2n) is 10.1. The molecule has 0 bridgehead atoms. The van der Waals surface area contributed by atoms with Crippen LogP contribution in [0, 0.1) is 6.92 Å². The van der Waals surface area contributed by atoms with Crippen LogP contribution in [0.1, 0.15) is 47.9 Å². The molecule has 5 nitrogen and oxygen atoms in total. The highest BCUT2D eigenvalue weighted by molar-refractivity contribution is 5.78. The molecule has 3 aromatic carbocycles. The van der Waals surface area contributed by atoms with Crippen LogP contribution in [-0.2, 0) is 17.8 Å². The lowest BCUT2D eigenvalue weighted by molar-refractivity contribution is -0.119. The summed E-state index contributed by atoms with van der Waals surface area (Å²) in [6, 6.07) is 21.6. The number of rotatable bonds is 9. The van der Waals surface area contributed by atoms with Crippen LogP contribution in [0.4, 0.5) is 0 Å². The van der Waals surface area contributed by atoms with Gasteiger partial charge in [0.05, 0.1) is 13.2 Å². The maximum Gasteiger partial charge on any atom is 0.220 e. The van der Waals surface area contributed by atoms with Crippen molar-refractivity contribution in [3.05, 3.63) is 82.9 Å². The van der Waals surface area contributed by atoms with E-state index in [0.29, 0.717) is 13.0 Å². The van der Waals surface area contributed by atoms with Crippen LogP contribution in [-0.4, -0.2) is 43.7 Å². The van der Waals surface area contributed by atoms with E-state index in [9.17, 15) is 4.79 Å². The maximum absolute atomic E-state index is 11.4. The zero-order valence-corrected chi connectivity index (χ0v) is 21.4. The summed E-state index contributed by atoms with van der Waals surface area (Å²) >= 11 is 0. The Morgan fingerprint density at radius 3 is 2.39 bits per heavy atom. The molecular formula is C31H36N2O3. The van der Waals surface area contributed by atoms with E-state index in [1.54, 1.807) is 7.11 Å². The number of methoxy groups -OCH3 is 1. The standard InChI is InChI=1S/C31H36N2O3/c1-22-17-23(5-6-26(22)20-33-15-3-4-16-33)18-25-9-13-29(35-2)19-30(25)24-7-11-28(12-8-24)36-21-27-10-14-31(34)32-27/h5-9,11-13,17,19,27H,3-4,10,14-16,18,20-21H2,1-2H3,(H,32,34). The first-order valence-corrected chi connectivity index (χ1v) is 13.1. The lowest BCUT2D eigenvalue weighted by atomic mass is 9.93. The number of aryl methyl sites for hydroxylation is 1. The predicted octanol–water partition coefficient (Wildman–Crippen LogP) is 5.51. The van der Waals surface area contributed by atoms with Crippen LogP contribution in [0.3, 0.4) is 0 Å². The maximum atomic E-state index is 11.4. The van der Waals surface area contributed by atoms with Gasteiger partial charge in [0.25, 0.3) is 0 Å². The molecule has 0 aromatic heterocycles. The van der Waals surface area contributed by atoms with Crippen molar-refractivity contribution in [2.24, 2.45) is 0 Å². The molecule has 36 heavy (non-hydrogen) atoms. The Morgan fingerprint density at radius 1 is 0.944 bits per heavy atom. The second-order valence-corrected chi connectivity index (χ2v) is 10.1. The Bertz CT molecular complexity index is 1200. The number of hydrogen-bond acceptors (Lipinski definition) is 4. The number of nitrogens with zero attached hydrogens (tertiary/aromatic N) is 1. The van der Waals surface area contributed by atoms with Gasteiger partial charge >= 0.3 is 0 Å². The minimum atomic E-state index is 0.104. The SMILES string of the molecule is COc1ccc(Cc2ccc(CN3CCCC3)c(C)c2)c(-c2ccc(OCC3CCC(=O)N3)cc2)c1. The zero-order chi connectivity index (χ0) is 24.9. The van der Waals surface area contributed by atoms with E-state index < -0.39 is 0 Å². The zero-order valence-electron chi connectivity index (χ0n) is 21.4. The Morgan fingerprint density at radius 2 is 1.69 bits per heavy atom. The number of amides is 1. The van der Waals surface area contributed by atoms with Gasteiger partial charge < -0.3 is 14.8 Å². The first-order chi connectivity index (χ1) is 17.6. The van der Waals surface area contributed by atoms with E-state index in [1.807, 2.05) is 18.2 Å². The van der Waals surface area contributed by atoms with Gasteiger partial charge in [0.15, 0.2) is 0 Å². The minimum Gasteiger partial charge on any atom is -0.497 e. The first kappa shape index (κ1) is 24.4. The van der Waals surface area contributed by atoms with Crippen LogP contribution in [0.5, 0.6) is 11.5 Å². The number of ether oxygens (including phenoxy) is 2. The molecule has 0 aliphatic carbocycles. The Kier molecular flexibility index (Phi) is 7.57. The molecule has 1 unspecified atom stereocenters. The van der Waals surface area contributed by atoms with Gasteiger partial charge in [0, 0.05) is 13.0 Å². The largest absolute Gasteiger partial charge is 0.497 e. The highest BCUT2D eigenvalue weighted by Gasteiger charge is 2.21.